The van der Waals surface area contributed by atoms with E-state index in [-0.39, 0.29) is 11.9 Å². The van der Waals surface area contributed by atoms with Crippen LogP contribution in [0.3, 0.4) is 0 Å². The van der Waals surface area contributed by atoms with Gasteiger partial charge in [0.2, 0.25) is 0 Å². The SMILES string of the molecule is CCOC(=O)C1CCCN(Cc2cccc(OCc3ccccc3)c2)C1.O=C(O)C(=O)O. The summed E-state index contributed by atoms with van der Waals surface area (Å²) in [5.74, 6) is -2.83. The van der Waals surface area contributed by atoms with Crippen molar-refractivity contribution in [2.75, 3.05) is 19.7 Å². The molecule has 0 spiro atoms. The Morgan fingerprint density at radius 2 is 1.69 bits per heavy atom. The fourth-order valence-corrected chi connectivity index (χ4v) is 3.38. The van der Waals surface area contributed by atoms with Gasteiger partial charge in [-0.05, 0) is 49.6 Å². The van der Waals surface area contributed by atoms with Crippen LogP contribution in [-0.4, -0.2) is 52.7 Å². The first-order valence-electron chi connectivity index (χ1n) is 10.5. The average Bonchev–Trinajstić information content (AvgIpc) is 2.79. The zero-order chi connectivity index (χ0) is 23.3. The van der Waals surface area contributed by atoms with Crippen LogP contribution in [0.4, 0.5) is 0 Å². The Labute approximate surface area is 187 Å². The number of aliphatic carboxylic acids is 2. The Balaban J connectivity index is 0.000000534. The minimum atomic E-state index is -1.82. The van der Waals surface area contributed by atoms with Crippen LogP contribution in [0.2, 0.25) is 0 Å². The Bertz CT molecular complexity index is 873. The summed E-state index contributed by atoms with van der Waals surface area (Å²) in [4.78, 5) is 32.5. The van der Waals surface area contributed by atoms with Gasteiger partial charge in [0.05, 0.1) is 12.5 Å². The normalized spacial score (nSPS) is 15.7. The Morgan fingerprint density at radius 3 is 2.34 bits per heavy atom. The third kappa shape index (κ3) is 8.77. The van der Waals surface area contributed by atoms with Crippen molar-refractivity contribution in [3.8, 4) is 5.75 Å². The monoisotopic (exact) mass is 443 g/mol. The molecule has 2 aromatic carbocycles. The van der Waals surface area contributed by atoms with Gasteiger partial charge in [0.15, 0.2) is 0 Å². The van der Waals surface area contributed by atoms with Crippen LogP contribution in [0.15, 0.2) is 54.6 Å². The number of carboxylic acids is 2. The van der Waals surface area contributed by atoms with Crippen LogP contribution in [0.5, 0.6) is 5.75 Å². The molecule has 1 atom stereocenters. The summed E-state index contributed by atoms with van der Waals surface area (Å²) >= 11 is 0. The van der Waals surface area contributed by atoms with Crippen molar-refractivity contribution in [1.29, 1.82) is 0 Å². The van der Waals surface area contributed by atoms with E-state index in [1.54, 1.807) is 0 Å². The molecule has 0 aromatic heterocycles. The lowest BCUT2D eigenvalue weighted by Gasteiger charge is -2.31. The van der Waals surface area contributed by atoms with E-state index in [2.05, 4.69) is 29.2 Å². The van der Waals surface area contributed by atoms with E-state index in [1.807, 2.05) is 37.3 Å². The maximum atomic E-state index is 12.0. The van der Waals surface area contributed by atoms with Gasteiger partial charge in [-0.1, -0.05) is 42.5 Å². The van der Waals surface area contributed by atoms with E-state index in [1.165, 1.54) is 5.56 Å². The largest absolute Gasteiger partial charge is 0.489 e. The highest BCUT2D eigenvalue weighted by atomic mass is 16.5. The Morgan fingerprint density at radius 1 is 1.00 bits per heavy atom. The van der Waals surface area contributed by atoms with Crippen molar-refractivity contribution >= 4 is 17.9 Å². The number of carboxylic acid groups (broad SMARTS) is 2. The van der Waals surface area contributed by atoms with Gasteiger partial charge in [0.1, 0.15) is 12.4 Å². The van der Waals surface area contributed by atoms with Gasteiger partial charge in [-0.2, -0.15) is 0 Å². The number of benzene rings is 2. The molecule has 2 N–H and O–H groups in total. The first kappa shape index (κ1) is 24.9. The third-order valence-electron chi connectivity index (χ3n) is 4.86. The molecule has 8 nitrogen and oxygen atoms in total. The van der Waals surface area contributed by atoms with Crippen LogP contribution in [0, 0.1) is 5.92 Å². The maximum Gasteiger partial charge on any atom is 0.414 e. The minimum absolute atomic E-state index is 0.00112. The maximum absolute atomic E-state index is 12.0. The molecule has 1 aliphatic rings. The molecule has 1 unspecified atom stereocenters. The van der Waals surface area contributed by atoms with E-state index < -0.39 is 11.9 Å². The fourth-order valence-electron chi connectivity index (χ4n) is 3.38. The van der Waals surface area contributed by atoms with Crippen LogP contribution < -0.4 is 4.74 Å². The van der Waals surface area contributed by atoms with Crippen molar-refractivity contribution in [1.82, 2.24) is 4.90 Å². The van der Waals surface area contributed by atoms with Gasteiger partial charge >= 0.3 is 17.9 Å². The number of hydrogen-bond donors (Lipinski definition) is 2. The number of likely N-dealkylation sites (tertiary alicyclic amines) is 1. The van der Waals surface area contributed by atoms with Crippen LogP contribution in [0.25, 0.3) is 0 Å². The third-order valence-corrected chi connectivity index (χ3v) is 4.86. The second-order valence-electron chi connectivity index (χ2n) is 7.36. The molecule has 172 valence electrons. The number of carbonyl (C=O) groups excluding carboxylic acids is 1. The van der Waals surface area contributed by atoms with Crippen LogP contribution >= 0.6 is 0 Å². The number of rotatable bonds is 7. The molecule has 1 fully saturated rings. The molecule has 2 aromatic rings. The molecule has 0 saturated carbocycles. The van der Waals surface area contributed by atoms with Gasteiger partial charge in [-0.3, -0.25) is 9.69 Å². The summed E-state index contributed by atoms with van der Waals surface area (Å²) in [6.45, 7) is 5.51. The topological polar surface area (TPSA) is 113 Å². The second-order valence-corrected chi connectivity index (χ2v) is 7.36. The highest BCUT2D eigenvalue weighted by molar-refractivity contribution is 6.27. The Hall–Kier alpha value is -3.39. The van der Waals surface area contributed by atoms with Gasteiger partial charge in [0, 0.05) is 13.1 Å². The predicted molar refractivity (Wildman–Crippen MR) is 117 cm³/mol. The minimum Gasteiger partial charge on any atom is -0.489 e. The second kappa shape index (κ2) is 13.1. The molecule has 0 amide bonds. The van der Waals surface area contributed by atoms with Crippen molar-refractivity contribution in [3.63, 3.8) is 0 Å². The summed E-state index contributed by atoms with van der Waals surface area (Å²) in [5.41, 5.74) is 2.37. The summed E-state index contributed by atoms with van der Waals surface area (Å²) < 4.78 is 11.1. The molecule has 0 radical (unpaired) electrons. The summed E-state index contributed by atoms with van der Waals surface area (Å²) in [6.07, 6.45) is 1.96. The number of piperidine rings is 1. The number of hydrogen-bond acceptors (Lipinski definition) is 6. The molecule has 8 heteroatoms. The number of nitrogens with zero attached hydrogens (tertiary/aromatic N) is 1. The molecular weight excluding hydrogens is 414 g/mol. The number of ether oxygens (including phenoxy) is 2. The van der Waals surface area contributed by atoms with E-state index in [0.29, 0.717) is 13.2 Å². The zero-order valence-electron chi connectivity index (χ0n) is 18.1. The van der Waals surface area contributed by atoms with Gasteiger partial charge in [-0.15, -0.1) is 0 Å². The summed E-state index contributed by atoms with van der Waals surface area (Å²) in [7, 11) is 0. The van der Waals surface area contributed by atoms with Crippen LogP contribution in [0.1, 0.15) is 30.9 Å². The van der Waals surface area contributed by atoms with E-state index in [0.717, 1.165) is 43.8 Å². The fraction of sp³-hybridized carbons (Fsp3) is 0.375. The summed E-state index contributed by atoms with van der Waals surface area (Å²) in [5, 5.41) is 14.8. The predicted octanol–water partition coefficient (Wildman–Crippen LogP) is 3.20. The molecule has 32 heavy (non-hydrogen) atoms. The van der Waals surface area contributed by atoms with Crippen molar-refractivity contribution in [3.05, 3.63) is 65.7 Å². The highest BCUT2D eigenvalue weighted by Gasteiger charge is 2.26. The molecule has 0 aliphatic carbocycles. The molecule has 0 bridgehead atoms. The average molecular weight is 443 g/mol. The van der Waals surface area contributed by atoms with Crippen molar-refractivity contribution in [2.45, 2.75) is 32.9 Å². The molecule has 1 aliphatic heterocycles. The number of carbonyl (C=O) groups is 3. The molecular formula is C24H29NO7. The first-order valence-corrected chi connectivity index (χ1v) is 10.5. The molecule has 1 heterocycles. The zero-order valence-corrected chi connectivity index (χ0v) is 18.1. The lowest BCUT2D eigenvalue weighted by molar-refractivity contribution is -0.159. The van der Waals surface area contributed by atoms with Crippen LogP contribution in [-0.2, 0) is 32.3 Å². The standard InChI is InChI=1S/C22H27NO3.C2H2O4/c1-2-25-22(24)20-11-7-13-23(16-20)15-19-10-6-12-21(14-19)26-17-18-8-4-3-5-9-18;3-1(4)2(5)6/h3-6,8-10,12,14,20H,2,7,11,13,15-17H2,1H3;(H,3,4)(H,5,6). The quantitative estimate of drug-likeness (QED) is 0.495. The smallest absolute Gasteiger partial charge is 0.414 e. The Kier molecular flexibility index (Phi) is 10.2. The number of esters is 1. The summed E-state index contributed by atoms with van der Waals surface area (Å²) in [6, 6.07) is 18.4. The first-order chi connectivity index (χ1) is 15.4. The lowest BCUT2D eigenvalue weighted by Crippen LogP contribution is -2.38. The molecule has 1 saturated heterocycles. The van der Waals surface area contributed by atoms with Crippen molar-refractivity contribution in [2.24, 2.45) is 5.92 Å². The van der Waals surface area contributed by atoms with Gasteiger partial charge in [0.25, 0.3) is 0 Å². The van der Waals surface area contributed by atoms with E-state index >= 15 is 0 Å². The van der Waals surface area contributed by atoms with E-state index in [9.17, 15) is 4.79 Å². The lowest BCUT2D eigenvalue weighted by atomic mass is 9.97. The van der Waals surface area contributed by atoms with Gasteiger partial charge in [-0.25, -0.2) is 9.59 Å². The molecule has 3 rings (SSSR count). The van der Waals surface area contributed by atoms with Crippen molar-refractivity contribution < 1.29 is 34.1 Å². The highest BCUT2D eigenvalue weighted by Crippen LogP contribution is 2.22. The van der Waals surface area contributed by atoms with Gasteiger partial charge < -0.3 is 19.7 Å². The van der Waals surface area contributed by atoms with E-state index in [4.69, 9.17) is 29.3 Å².